The minimum absolute atomic E-state index is 0.450. The smallest absolute Gasteiger partial charge is 0.0925 e. The predicted molar refractivity (Wildman–Crippen MR) is 71.5 cm³/mol. The number of aliphatic hydroxyl groups excluding tert-OH is 1. The third-order valence-corrected chi connectivity index (χ3v) is 3.09. The second kappa shape index (κ2) is 6.38. The molecule has 0 bridgehead atoms. The van der Waals surface area contributed by atoms with Gasteiger partial charge in [0.2, 0.25) is 0 Å². The molecule has 0 aliphatic heterocycles. The van der Waals surface area contributed by atoms with Crippen molar-refractivity contribution in [1.82, 2.24) is 5.32 Å². The van der Waals surface area contributed by atoms with Crippen LogP contribution in [0.4, 0.5) is 0 Å². The van der Waals surface area contributed by atoms with Crippen molar-refractivity contribution >= 4 is 15.9 Å². The number of nitrogens with one attached hydrogen (secondary N) is 1. The van der Waals surface area contributed by atoms with E-state index in [2.05, 4.69) is 35.1 Å². The van der Waals surface area contributed by atoms with Crippen LogP contribution in [-0.4, -0.2) is 18.2 Å². The van der Waals surface area contributed by atoms with Crippen molar-refractivity contribution in [2.45, 2.75) is 26.9 Å². The van der Waals surface area contributed by atoms with Crippen LogP contribution in [0.2, 0.25) is 0 Å². The third-order valence-electron chi connectivity index (χ3n) is 2.41. The minimum Gasteiger partial charge on any atom is -0.387 e. The first-order valence-corrected chi connectivity index (χ1v) is 6.45. The second-order valence-corrected chi connectivity index (χ2v) is 5.45. The second-order valence-electron chi connectivity index (χ2n) is 4.59. The summed E-state index contributed by atoms with van der Waals surface area (Å²) in [5.74, 6) is 0.605. The van der Waals surface area contributed by atoms with Crippen molar-refractivity contribution in [1.29, 1.82) is 0 Å². The zero-order valence-corrected chi connectivity index (χ0v) is 11.7. The Morgan fingerprint density at radius 2 is 2.00 bits per heavy atom. The van der Waals surface area contributed by atoms with Crippen LogP contribution in [0.1, 0.15) is 31.1 Å². The lowest BCUT2D eigenvalue weighted by molar-refractivity contribution is 0.173. The van der Waals surface area contributed by atoms with E-state index in [1.54, 1.807) is 0 Å². The van der Waals surface area contributed by atoms with Crippen molar-refractivity contribution in [2.75, 3.05) is 13.1 Å². The molecule has 1 aromatic rings. The SMILES string of the molecule is Cc1ccc(C(O)CNCC(C)C)c(Br)c1. The van der Waals surface area contributed by atoms with Crippen LogP contribution >= 0.6 is 15.9 Å². The predicted octanol–water partition coefficient (Wildman–Crippen LogP) is 3.04. The molecular weight excluding hydrogens is 266 g/mol. The fourth-order valence-corrected chi connectivity index (χ4v) is 2.28. The van der Waals surface area contributed by atoms with Gasteiger partial charge in [-0.3, -0.25) is 0 Å². The Bertz CT molecular complexity index is 339. The molecule has 2 nitrogen and oxygen atoms in total. The average molecular weight is 286 g/mol. The first-order chi connectivity index (χ1) is 7.50. The highest BCUT2D eigenvalue weighted by Crippen LogP contribution is 2.24. The first kappa shape index (κ1) is 13.7. The summed E-state index contributed by atoms with van der Waals surface area (Å²) in [7, 11) is 0. The molecule has 16 heavy (non-hydrogen) atoms. The number of aliphatic hydroxyl groups is 1. The maximum absolute atomic E-state index is 10.0. The summed E-state index contributed by atoms with van der Waals surface area (Å²) in [6.07, 6.45) is -0.450. The van der Waals surface area contributed by atoms with Gasteiger partial charge in [0.1, 0.15) is 0 Å². The van der Waals surface area contributed by atoms with E-state index < -0.39 is 6.10 Å². The van der Waals surface area contributed by atoms with Gasteiger partial charge in [-0.2, -0.15) is 0 Å². The van der Waals surface area contributed by atoms with Crippen LogP contribution in [0.3, 0.4) is 0 Å². The zero-order valence-electron chi connectivity index (χ0n) is 10.1. The van der Waals surface area contributed by atoms with E-state index in [9.17, 15) is 5.11 Å². The molecule has 0 saturated carbocycles. The monoisotopic (exact) mass is 285 g/mol. The van der Waals surface area contributed by atoms with Gasteiger partial charge in [-0.15, -0.1) is 0 Å². The Kier molecular flexibility index (Phi) is 5.46. The van der Waals surface area contributed by atoms with Crippen molar-refractivity contribution in [3.05, 3.63) is 33.8 Å². The fraction of sp³-hybridized carbons (Fsp3) is 0.538. The highest BCUT2D eigenvalue weighted by molar-refractivity contribution is 9.10. The lowest BCUT2D eigenvalue weighted by atomic mass is 10.1. The average Bonchev–Trinajstić information content (AvgIpc) is 2.16. The summed E-state index contributed by atoms with van der Waals surface area (Å²) in [6, 6.07) is 6.02. The summed E-state index contributed by atoms with van der Waals surface area (Å²) >= 11 is 3.48. The highest BCUT2D eigenvalue weighted by atomic mass is 79.9. The Morgan fingerprint density at radius 3 is 2.56 bits per heavy atom. The summed E-state index contributed by atoms with van der Waals surface area (Å²) in [5.41, 5.74) is 2.14. The third kappa shape index (κ3) is 4.24. The molecule has 1 unspecified atom stereocenters. The van der Waals surface area contributed by atoms with Crippen LogP contribution in [0.5, 0.6) is 0 Å². The summed E-state index contributed by atoms with van der Waals surface area (Å²) in [5, 5.41) is 13.3. The van der Waals surface area contributed by atoms with Gasteiger partial charge < -0.3 is 10.4 Å². The van der Waals surface area contributed by atoms with Gasteiger partial charge in [0.25, 0.3) is 0 Å². The van der Waals surface area contributed by atoms with Gasteiger partial charge in [-0.1, -0.05) is 41.9 Å². The van der Waals surface area contributed by atoms with E-state index in [1.807, 2.05) is 25.1 Å². The number of halogens is 1. The van der Waals surface area contributed by atoms with Gasteiger partial charge in [-0.25, -0.2) is 0 Å². The summed E-state index contributed by atoms with van der Waals surface area (Å²) in [4.78, 5) is 0. The number of hydrogen-bond acceptors (Lipinski definition) is 2. The molecule has 1 aromatic carbocycles. The summed E-state index contributed by atoms with van der Waals surface area (Å²) in [6.45, 7) is 7.88. The molecule has 0 amide bonds. The normalized spacial score (nSPS) is 13.1. The molecule has 90 valence electrons. The van der Waals surface area contributed by atoms with E-state index in [4.69, 9.17) is 0 Å². The van der Waals surface area contributed by atoms with E-state index >= 15 is 0 Å². The van der Waals surface area contributed by atoms with Crippen LogP contribution in [0.25, 0.3) is 0 Å². The molecule has 0 spiro atoms. The van der Waals surface area contributed by atoms with E-state index in [1.165, 1.54) is 5.56 Å². The first-order valence-electron chi connectivity index (χ1n) is 5.65. The minimum atomic E-state index is -0.450. The molecule has 1 atom stereocenters. The van der Waals surface area contributed by atoms with E-state index in [0.717, 1.165) is 16.6 Å². The van der Waals surface area contributed by atoms with Crippen LogP contribution < -0.4 is 5.32 Å². The number of rotatable bonds is 5. The van der Waals surface area contributed by atoms with Crippen molar-refractivity contribution in [3.8, 4) is 0 Å². The van der Waals surface area contributed by atoms with Gasteiger partial charge in [-0.05, 0) is 36.6 Å². The zero-order chi connectivity index (χ0) is 12.1. The molecule has 0 saturated heterocycles. The lowest BCUT2D eigenvalue weighted by Crippen LogP contribution is -2.25. The molecule has 3 heteroatoms. The lowest BCUT2D eigenvalue weighted by Gasteiger charge is -2.15. The quantitative estimate of drug-likeness (QED) is 0.872. The number of aryl methyl sites for hydroxylation is 1. The topological polar surface area (TPSA) is 32.3 Å². The Labute approximate surface area is 106 Å². The molecule has 0 aromatic heterocycles. The van der Waals surface area contributed by atoms with Crippen molar-refractivity contribution in [3.63, 3.8) is 0 Å². The molecule has 0 heterocycles. The standard InChI is InChI=1S/C13H20BrNO/c1-9(2)7-15-8-13(16)11-5-4-10(3)6-12(11)14/h4-6,9,13,15-16H,7-8H2,1-3H3. The van der Waals surface area contributed by atoms with Crippen LogP contribution in [-0.2, 0) is 0 Å². The van der Waals surface area contributed by atoms with Gasteiger partial charge in [0, 0.05) is 11.0 Å². The maximum Gasteiger partial charge on any atom is 0.0925 e. The Morgan fingerprint density at radius 1 is 1.31 bits per heavy atom. The van der Waals surface area contributed by atoms with Crippen molar-refractivity contribution < 1.29 is 5.11 Å². The molecular formula is C13H20BrNO. The molecule has 1 rings (SSSR count). The molecule has 0 radical (unpaired) electrons. The molecule has 0 aliphatic carbocycles. The number of benzene rings is 1. The van der Waals surface area contributed by atoms with Gasteiger partial charge >= 0.3 is 0 Å². The van der Waals surface area contributed by atoms with Crippen LogP contribution in [0, 0.1) is 12.8 Å². The van der Waals surface area contributed by atoms with Crippen LogP contribution in [0.15, 0.2) is 22.7 Å². The molecule has 0 fully saturated rings. The maximum atomic E-state index is 10.0. The molecule has 0 aliphatic rings. The van der Waals surface area contributed by atoms with Crippen molar-refractivity contribution in [2.24, 2.45) is 5.92 Å². The largest absolute Gasteiger partial charge is 0.387 e. The van der Waals surface area contributed by atoms with Gasteiger partial charge in [0.05, 0.1) is 6.10 Å². The Hall–Kier alpha value is -0.380. The molecule has 2 N–H and O–H groups in total. The van der Waals surface area contributed by atoms with E-state index in [-0.39, 0.29) is 0 Å². The fourth-order valence-electron chi connectivity index (χ4n) is 1.52. The van der Waals surface area contributed by atoms with Gasteiger partial charge in [0.15, 0.2) is 0 Å². The van der Waals surface area contributed by atoms with E-state index in [0.29, 0.717) is 12.5 Å². The summed E-state index contributed by atoms with van der Waals surface area (Å²) < 4.78 is 0.978. The Balaban J connectivity index is 2.55. The number of hydrogen-bond donors (Lipinski definition) is 2. The highest BCUT2D eigenvalue weighted by Gasteiger charge is 2.10.